The molecule has 0 bridgehead atoms. The summed E-state index contributed by atoms with van der Waals surface area (Å²) in [6.45, 7) is 0. The number of hydrogen-bond donors (Lipinski definition) is 2. The Morgan fingerprint density at radius 3 is 2.78 bits per heavy atom. The van der Waals surface area contributed by atoms with Crippen LogP contribution in [0.2, 0.25) is 0 Å². The zero-order valence-electron chi connectivity index (χ0n) is 8.80. The number of carbonyl (C=O) groups excluding carboxylic acids is 2. The molecule has 98 valence electrons. The number of nitrogens with one attached hydrogen (secondary N) is 1. The van der Waals surface area contributed by atoms with Gasteiger partial charge in [0.1, 0.15) is 17.1 Å². The zero-order chi connectivity index (χ0) is 13.4. The molecule has 2 aliphatic heterocycles. The standard InChI is InChI=1S/C9H8Cl2N2O4S/c10-5(11)6(14)12-4-7(15)13-3(9(16)17)1-2-18-8(4)13/h1,4-5,8H,2H2,(H,12,14)(H,16,17)/t4-,8-/m1/s1. The highest BCUT2D eigenvalue weighted by atomic mass is 35.5. The van der Waals surface area contributed by atoms with Crippen LogP contribution in [-0.4, -0.2) is 49.8 Å². The van der Waals surface area contributed by atoms with E-state index in [1.54, 1.807) is 0 Å². The molecule has 0 spiro atoms. The summed E-state index contributed by atoms with van der Waals surface area (Å²) in [5.41, 5.74) is -0.0532. The smallest absolute Gasteiger partial charge is 0.352 e. The number of carboxylic acids is 1. The van der Waals surface area contributed by atoms with Crippen LogP contribution in [0.25, 0.3) is 0 Å². The van der Waals surface area contributed by atoms with E-state index in [2.05, 4.69) is 5.32 Å². The number of alkyl halides is 2. The van der Waals surface area contributed by atoms with Crippen molar-refractivity contribution in [2.24, 2.45) is 0 Å². The average molecular weight is 311 g/mol. The van der Waals surface area contributed by atoms with Gasteiger partial charge in [0, 0.05) is 5.75 Å². The fourth-order valence-electron chi connectivity index (χ4n) is 1.75. The van der Waals surface area contributed by atoms with Crippen LogP contribution in [0.1, 0.15) is 0 Å². The van der Waals surface area contributed by atoms with E-state index in [0.29, 0.717) is 5.75 Å². The summed E-state index contributed by atoms with van der Waals surface area (Å²) < 4.78 is 0. The lowest BCUT2D eigenvalue weighted by Crippen LogP contribution is -2.70. The Hall–Kier alpha value is -0.920. The molecule has 1 saturated heterocycles. The number of carboxylic acid groups (broad SMARTS) is 1. The van der Waals surface area contributed by atoms with Crippen LogP contribution < -0.4 is 5.32 Å². The average Bonchev–Trinajstić information content (AvgIpc) is 2.33. The van der Waals surface area contributed by atoms with E-state index < -0.39 is 34.0 Å². The molecule has 1 fully saturated rings. The zero-order valence-corrected chi connectivity index (χ0v) is 11.1. The third kappa shape index (κ3) is 2.17. The lowest BCUT2D eigenvalue weighted by molar-refractivity contribution is -0.150. The number of rotatable bonds is 3. The van der Waals surface area contributed by atoms with E-state index in [0.717, 1.165) is 4.90 Å². The van der Waals surface area contributed by atoms with Gasteiger partial charge in [0.05, 0.1) is 0 Å². The number of amides is 2. The Kier molecular flexibility index (Phi) is 3.74. The molecular formula is C9H8Cl2N2O4S. The highest BCUT2D eigenvalue weighted by molar-refractivity contribution is 8.00. The van der Waals surface area contributed by atoms with Crippen LogP contribution in [0.4, 0.5) is 0 Å². The van der Waals surface area contributed by atoms with Gasteiger partial charge < -0.3 is 10.4 Å². The maximum atomic E-state index is 11.8. The first-order chi connectivity index (χ1) is 8.43. The molecule has 2 aliphatic rings. The molecular weight excluding hydrogens is 303 g/mol. The third-order valence-electron chi connectivity index (χ3n) is 2.56. The predicted octanol–water partition coefficient (Wildman–Crippen LogP) is 0.158. The minimum Gasteiger partial charge on any atom is -0.477 e. The molecule has 0 aliphatic carbocycles. The van der Waals surface area contributed by atoms with Gasteiger partial charge in [-0.15, -0.1) is 11.8 Å². The second-order valence-electron chi connectivity index (χ2n) is 3.61. The first-order valence-corrected chi connectivity index (χ1v) is 6.82. The predicted molar refractivity (Wildman–Crippen MR) is 66.2 cm³/mol. The SMILES string of the molecule is O=C(O)C1=CCS[C@@H]2[C@H](NC(=O)C(Cl)Cl)C(=O)N12. The quantitative estimate of drug-likeness (QED) is 0.573. The molecule has 2 atom stereocenters. The molecule has 2 rings (SSSR count). The van der Waals surface area contributed by atoms with Crippen molar-refractivity contribution < 1.29 is 19.5 Å². The van der Waals surface area contributed by atoms with Crippen LogP contribution in [0, 0.1) is 0 Å². The molecule has 18 heavy (non-hydrogen) atoms. The molecule has 0 saturated carbocycles. The molecule has 6 nitrogen and oxygen atoms in total. The van der Waals surface area contributed by atoms with E-state index in [-0.39, 0.29) is 5.70 Å². The van der Waals surface area contributed by atoms with Crippen molar-refractivity contribution in [2.45, 2.75) is 16.3 Å². The van der Waals surface area contributed by atoms with Crippen LogP contribution >= 0.6 is 35.0 Å². The van der Waals surface area contributed by atoms with Crippen molar-refractivity contribution in [3.8, 4) is 0 Å². The van der Waals surface area contributed by atoms with Crippen LogP contribution in [0.3, 0.4) is 0 Å². The number of hydrogen-bond acceptors (Lipinski definition) is 4. The van der Waals surface area contributed by atoms with Gasteiger partial charge in [-0.05, 0) is 6.08 Å². The summed E-state index contributed by atoms with van der Waals surface area (Å²) in [6.07, 6.45) is 1.46. The molecule has 2 amide bonds. The molecule has 9 heteroatoms. The molecule has 0 aromatic rings. The summed E-state index contributed by atoms with van der Waals surface area (Å²) in [6, 6.07) is -0.773. The van der Waals surface area contributed by atoms with Crippen molar-refractivity contribution in [1.29, 1.82) is 0 Å². The summed E-state index contributed by atoms with van der Waals surface area (Å²) >= 11 is 12.1. The number of β-lactam (4-membered cyclic amide) rings is 1. The van der Waals surface area contributed by atoms with Gasteiger partial charge in [0.25, 0.3) is 11.8 Å². The first kappa shape index (κ1) is 13.5. The Bertz CT molecular complexity index is 454. The van der Waals surface area contributed by atoms with Gasteiger partial charge in [-0.1, -0.05) is 23.2 Å². The largest absolute Gasteiger partial charge is 0.477 e. The fraction of sp³-hybridized carbons (Fsp3) is 0.444. The Balaban J connectivity index is 2.09. The summed E-state index contributed by atoms with van der Waals surface area (Å²) in [5, 5.41) is 10.9. The number of nitrogens with zero attached hydrogens (tertiary/aromatic N) is 1. The summed E-state index contributed by atoms with van der Waals surface area (Å²) in [5.74, 6) is -1.83. The Morgan fingerprint density at radius 1 is 1.56 bits per heavy atom. The minimum atomic E-state index is -1.25. The van der Waals surface area contributed by atoms with Crippen molar-refractivity contribution in [1.82, 2.24) is 10.2 Å². The number of thioether (sulfide) groups is 1. The number of halogens is 2. The van der Waals surface area contributed by atoms with Gasteiger partial charge >= 0.3 is 5.97 Å². The number of aliphatic carboxylic acids is 1. The van der Waals surface area contributed by atoms with Gasteiger partial charge in [-0.3, -0.25) is 14.5 Å². The molecule has 0 unspecified atom stereocenters. The lowest BCUT2D eigenvalue weighted by atomic mass is 10.1. The van der Waals surface area contributed by atoms with E-state index in [9.17, 15) is 14.4 Å². The monoisotopic (exact) mass is 310 g/mol. The van der Waals surface area contributed by atoms with Crippen molar-refractivity contribution in [3.63, 3.8) is 0 Å². The summed E-state index contributed by atoms with van der Waals surface area (Å²) in [7, 11) is 0. The second kappa shape index (κ2) is 4.99. The van der Waals surface area contributed by atoms with Gasteiger partial charge in [0.15, 0.2) is 4.84 Å². The van der Waals surface area contributed by atoms with Crippen molar-refractivity contribution >= 4 is 52.7 Å². The number of carbonyl (C=O) groups is 3. The fourth-order valence-corrected chi connectivity index (χ4v) is 3.08. The minimum absolute atomic E-state index is 0.0532. The second-order valence-corrected chi connectivity index (χ2v) is 5.86. The maximum Gasteiger partial charge on any atom is 0.352 e. The third-order valence-corrected chi connectivity index (χ3v) is 4.14. The Morgan fingerprint density at radius 2 is 2.22 bits per heavy atom. The van der Waals surface area contributed by atoms with Gasteiger partial charge in [0.2, 0.25) is 0 Å². The first-order valence-electron chi connectivity index (χ1n) is 4.90. The lowest BCUT2D eigenvalue weighted by Gasteiger charge is -2.48. The molecule has 2 N–H and O–H groups in total. The molecule has 2 heterocycles. The van der Waals surface area contributed by atoms with Crippen LogP contribution in [0.15, 0.2) is 11.8 Å². The van der Waals surface area contributed by atoms with E-state index >= 15 is 0 Å². The van der Waals surface area contributed by atoms with Crippen LogP contribution in [-0.2, 0) is 14.4 Å². The van der Waals surface area contributed by atoms with E-state index in [1.165, 1.54) is 17.8 Å². The molecule has 0 aromatic carbocycles. The maximum absolute atomic E-state index is 11.8. The van der Waals surface area contributed by atoms with Gasteiger partial charge in [-0.25, -0.2) is 4.79 Å². The van der Waals surface area contributed by atoms with Gasteiger partial charge in [-0.2, -0.15) is 0 Å². The highest BCUT2D eigenvalue weighted by Gasteiger charge is 2.52. The Labute approximate surface area is 116 Å². The topological polar surface area (TPSA) is 86.7 Å². The molecule has 0 aromatic heterocycles. The van der Waals surface area contributed by atoms with E-state index in [4.69, 9.17) is 28.3 Å². The highest BCUT2D eigenvalue weighted by Crippen LogP contribution is 2.37. The van der Waals surface area contributed by atoms with E-state index in [1.807, 2.05) is 0 Å². The summed E-state index contributed by atoms with van der Waals surface area (Å²) in [4.78, 5) is 33.9. The molecule has 0 radical (unpaired) electrons. The van der Waals surface area contributed by atoms with Crippen molar-refractivity contribution in [3.05, 3.63) is 11.8 Å². The van der Waals surface area contributed by atoms with Crippen LogP contribution in [0.5, 0.6) is 0 Å². The number of fused-ring (bicyclic) bond motifs is 1. The van der Waals surface area contributed by atoms with Crippen molar-refractivity contribution in [2.75, 3.05) is 5.75 Å². The normalized spacial score (nSPS) is 26.3.